The smallest absolute Gasteiger partial charge is 0.273 e. The van der Waals surface area contributed by atoms with Crippen LogP contribution < -0.4 is 5.32 Å². The molecule has 1 aromatic carbocycles. The van der Waals surface area contributed by atoms with Gasteiger partial charge in [-0.3, -0.25) is 4.79 Å². The fourth-order valence-electron chi connectivity index (χ4n) is 3.59. The molecular formula is C22H31N5O. The van der Waals surface area contributed by atoms with Gasteiger partial charge in [-0.05, 0) is 45.3 Å². The van der Waals surface area contributed by atoms with Crippen molar-refractivity contribution in [1.29, 1.82) is 0 Å². The van der Waals surface area contributed by atoms with Crippen molar-refractivity contribution < 1.29 is 4.79 Å². The minimum absolute atomic E-state index is 0.112. The van der Waals surface area contributed by atoms with E-state index in [1.807, 2.05) is 6.92 Å². The van der Waals surface area contributed by atoms with Gasteiger partial charge >= 0.3 is 0 Å². The van der Waals surface area contributed by atoms with Crippen LogP contribution in [0.3, 0.4) is 0 Å². The minimum atomic E-state index is -0.112. The number of nitrogens with zero attached hydrogens (tertiary/aromatic N) is 4. The van der Waals surface area contributed by atoms with E-state index < -0.39 is 0 Å². The molecule has 6 heteroatoms. The van der Waals surface area contributed by atoms with Crippen molar-refractivity contribution in [2.45, 2.75) is 33.1 Å². The topological polar surface area (TPSA) is 61.4 Å². The van der Waals surface area contributed by atoms with Gasteiger partial charge in [-0.15, -0.1) is 0 Å². The molecule has 3 rings (SSSR count). The van der Waals surface area contributed by atoms with Crippen molar-refractivity contribution >= 4 is 11.7 Å². The van der Waals surface area contributed by atoms with Crippen LogP contribution in [0.15, 0.2) is 24.3 Å². The van der Waals surface area contributed by atoms with Crippen LogP contribution in [0.1, 0.15) is 45.8 Å². The Balaban J connectivity index is 1.84. The Bertz CT molecular complexity index is 828. The minimum Gasteiger partial charge on any atom is -0.367 e. The molecule has 6 nitrogen and oxygen atoms in total. The van der Waals surface area contributed by atoms with E-state index >= 15 is 0 Å². The monoisotopic (exact) mass is 381 g/mol. The summed E-state index contributed by atoms with van der Waals surface area (Å²) < 4.78 is 0. The summed E-state index contributed by atoms with van der Waals surface area (Å²) in [6.45, 7) is 8.13. The fourth-order valence-corrected chi connectivity index (χ4v) is 3.59. The van der Waals surface area contributed by atoms with Crippen LogP contribution in [0.4, 0.5) is 5.82 Å². The van der Waals surface area contributed by atoms with E-state index in [1.54, 1.807) is 19.0 Å². The van der Waals surface area contributed by atoms with Crippen LogP contribution >= 0.6 is 0 Å². The van der Waals surface area contributed by atoms with Crippen LogP contribution in [0.5, 0.6) is 0 Å². The highest BCUT2D eigenvalue weighted by Gasteiger charge is 2.19. The third-order valence-corrected chi connectivity index (χ3v) is 5.12. The number of nitrogens with one attached hydrogen (secondary N) is 1. The predicted molar refractivity (Wildman–Crippen MR) is 113 cm³/mol. The first-order valence-electron chi connectivity index (χ1n) is 10.0. The summed E-state index contributed by atoms with van der Waals surface area (Å²) in [5, 5.41) is 3.47. The van der Waals surface area contributed by atoms with Crippen LogP contribution in [-0.2, 0) is 6.42 Å². The number of aryl methyl sites for hydroxylation is 2. The third kappa shape index (κ3) is 5.07. The second-order valence-corrected chi connectivity index (χ2v) is 7.79. The van der Waals surface area contributed by atoms with Crippen LogP contribution in [0, 0.1) is 13.8 Å². The Labute approximate surface area is 168 Å². The van der Waals surface area contributed by atoms with Gasteiger partial charge in [-0.25, -0.2) is 9.97 Å². The molecule has 0 radical (unpaired) electrons. The molecule has 1 aromatic heterocycles. The Kier molecular flexibility index (Phi) is 6.62. The molecule has 2 aromatic rings. The first kappa shape index (κ1) is 20.3. The number of hydrogen-bond acceptors (Lipinski definition) is 5. The summed E-state index contributed by atoms with van der Waals surface area (Å²) in [6, 6.07) is 8.39. The van der Waals surface area contributed by atoms with E-state index in [-0.39, 0.29) is 5.91 Å². The van der Waals surface area contributed by atoms with E-state index in [0.717, 1.165) is 24.6 Å². The van der Waals surface area contributed by atoms with Crippen LogP contribution in [-0.4, -0.2) is 65.9 Å². The Hall–Kier alpha value is -2.47. The maximum Gasteiger partial charge on any atom is 0.273 e. The largest absolute Gasteiger partial charge is 0.367 e. The zero-order chi connectivity index (χ0) is 20.1. The van der Waals surface area contributed by atoms with Crippen LogP contribution in [0.2, 0.25) is 0 Å². The molecule has 1 saturated heterocycles. The maximum absolute atomic E-state index is 12.5. The second-order valence-electron chi connectivity index (χ2n) is 7.79. The van der Waals surface area contributed by atoms with E-state index in [1.165, 1.54) is 37.1 Å². The Morgan fingerprint density at radius 2 is 1.93 bits per heavy atom. The van der Waals surface area contributed by atoms with Gasteiger partial charge in [0.2, 0.25) is 0 Å². The lowest BCUT2D eigenvalue weighted by Gasteiger charge is -2.18. The Morgan fingerprint density at radius 1 is 1.18 bits per heavy atom. The van der Waals surface area contributed by atoms with Crippen molar-refractivity contribution in [3.8, 4) is 0 Å². The maximum atomic E-state index is 12.5. The molecule has 0 spiro atoms. The fraction of sp³-hybridized carbons (Fsp3) is 0.500. The molecule has 0 saturated carbocycles. The molecule has 0 unspecified atom stereocenters. The average Bonchev–Trinajstić information content (AvgIpc) is 3.16. The Morgan fingerprint density at radius 3 is 2.61 bits per heavy atom. The zero-order valence-electron chi connectivity index (χ0n) is 17.5. The average molecular weight is 382 g/mol. The van der Waals surface area contributed by atoms with Gasteiger partial charge in [-0.1, -0.05) is 29.8 Å². The SMILES string of the molecule is Cc1cccc(Cc2nc(C(=O)N(C)C)c(C)nc2NCCN2CCCC2)c1. The summed E-state index contributed by atoms with van der Waals surface area (Å²) in [5.74, 6) is 0.674. The number of anilines is 1. The molecule has 0 aliphatic carbocycles. The van der Waals surface area contributed by atoms with E-state index in [4.69, 9.17) is 9.97 Å². The van der Waals surface area contributed by atoms with E-state index in [2.05, 4.69) is 41.4 Å². The number of amides is 1. The van der Waals surface area contributed by atoms with E-state index in [9.17, 15) is 4.79 Å². The number of carbonyl (C=O) groups is 1. The number of hydrogen-bond donors (Lipinski definition) is 1. The normalized spacial score (nSPS) is 14.3. The third-order valence-electron chi connectivity index (χ3n) is 5.12. The highest BCUT2D eigenvalue weighted by Crippen LogP contribution is 2.19. The van der Waals surface area contributed by atoms with Gasteiger partial charge in [0, 0.05) is 33.6 Å². The van der Waals surface area contributed by atoms with Crippen molar-refractivity contribution in [1.82, 2.24) is 19.8 Å². The molecule has 28 heavy (non-hydrogen) atoms. The first-order chi connectivity index (χ1) is 13.4. The zero-order valence-corrected chi connectivity index (χ0v) is 17.5. The van der Waals surface area contributed by atoms with Gasteiger partial charge in [0.25, 0.3) is 5.91 Å². The molecular weight excluding hydrogens is 350 g/mol. The van der Waals surface area contributed by atoms with Crippen LogP contribution in [0.25, 0.3) is 0 Å². The summed E-state index contributed by atoms with van der Waals surface area (Å²) >= 11 is 0. The molecule has 0 bridgehead atoms. The molecule has 1 amide bonds. The molecule has 1 aliphatic rings. The molecule has 1 fully saturated rings. The van der Waals surface area contributed by atoms with Gasteiger partial charge in [-0.2, -0.15) is 0 Å². The quantitative estimate of drug-likeness (QED) is 0.799. The molecule has 150 valence electrons. The lowest BCUT2D eigenvalue weighted by molar-refractivity contribution is 0.0820. The molecule has 2 heterocycles. The predicted octanol–water partition coefficient (Wildman–Crippen LogP) is 2.89. The number of rotatable bonds is 7. The lowest BCUT2D eigenvalue weighted by Crippen LogP contribution is -2.28. The van der Waals surface area contributed by atoms with Crippen molar-refractivity contribution in [3.63, 3.8) is 0 Å². The van der Waals surface area contributed by atoms with Gasteiger partial charge in [0.1, 0.15) is 11.5 Å². The summed E-state index contributed by atoms with van der Waals surface area (Å²) in [5.41, 5.74) is 4.30. The van der Waals surface area contributed by atoms with Gasteiger partial charge in [0.15, 0.2) is 0 Å². The molecule has 1 N–H and O–H groups in total. The number of benzene rings is 1. The number of carbonyl (C=O) groups excluding carboxylic acids is 1. The second kappa shape index (κ2) is 9.15. The lowest BCUT2D eigenvalue weighted by atomic mass is 10.1. The molecule has 0 atom stereocenters. The summed E-state index contributed by atoms with van der Waals surface area (Å²) in [6.07, 6.45) is 3.23. The van der Waals surface area contributed by atoms with Gasteiger partial charge < -0.3 is 15.1 Å². The number of aromatic nitrogens is 2. The summed E-state index contributed by atoms with van der Waals surface area (Å²) in [7, 11) is 3.48. The first-order valence-corrected chi connectivity index (χ1v) is 10.0. The van der Waals surface area contributed by atoms with Gasteiger partial charge in [0.05, 0.1) is 11.4 Å². The van der Waals surface area contributed by atoms with Crippen molar-refractivity contribution in [2.24, 2.45) is 0 Å². The van der Waals surface area contributed by atoms with Crippen molar-refractivity contribution in [3.05, 3.63) is 52.5 Å². The summed E-state index contributed by atoms with van der Waals surface area (Å²) in [4.78, 5) is 26.0. The standard InChI is InChI=1S/C22H31N5O/c1-16-8-7-9-18(14-16)15-19-21(23-10-13-27-11-5-6-12-27)24-17(2)20(25-19)22(28)26(3)4/h7-9,14H,5-6,10-13,15H2,1-4H3,(H,23,24). The number of likely N-dealkylation sites (tertiary alicyclic amines) is 1. The van der Waals surface area contributed by atoms with Crippen molar-refractivity contribution in [2.75, 3.05) is 45.6 Å². The highest BCUT2D eigenvalue weighted by atomic mass is 16.2. The molecule has 1 aliphatic heterocycles. The highest BCUT2D eigenvalue weighted by molar-refractivity contribution is 5.93. The van der Waals surface area contributed by atoms with E-state index in [0.29, 0.717) is 17.8 Å².